The first-order valence-electron chi connectivity index (χ1n) is 6.40. The fourth-order valence-electron chi connectivity index (χ4n) is 1.98. The van der Waals surface area contributed by atoms with E-state index in [2.05, 4.69) is 15.5 Å². The van der Waals surface area contributed by atoms with Gasteiger partial charge in [-0.2, -0.15) is 0 Å². The summed E-state index contributed by atoms with van der Waals surface area (Å²) < 4.78 is 10.9. The fraction of sp³-hybridized carbons (Fsp3) is 0.200. The molecule has 1 N–H and O–H groups in total. The first kappa shape index (κ1) is 12.5. The predicted octanol–water partition coefficient (Wildman–Crippen LogP) is 3.56. The van der Waals surface area contributed by atoms with Crippen LogP contribution >= 0.6 is 0 Å². The van der Waals surface area contributed by atoms with Gasteiger partial charge in [-0.05, 0) is 31.5 Å². The van der Waals surface area contributed by atoms with Crippen molar-refractivity contribution in [2.75, 3.05) is 5.32 Å². The van der Waals surface area contributed by atoms with Gasteiger partial charge in [-0.15, -0.1) is 5.10 Å². The number of nitrogens with one attached hydrogen (secondary N) is 1. The van der Waals surface area contributed by atoms with Crippen LogP contribution in [-0.2, 0) is 6.54 Å². The molecule has 20 heavy (non-hydrogen) atoms. The molecule has 0 amide bonds. The Balaban J connectivity index is 1.74. The molecule has 0 unspecified atom stereocenters. The molecule has 0 bridgehead atoms. The van der Waals surface area contributed by atoms with E-state index in [-0.39, 0.29) is 0 Å². The summed E-state index contributed by atoms with van der Waals surface area (Å²) in [6.07, 6.45) is 1.67. The van der Waals surface area contributed by atoms with Gasteiger partial charge in [0.25, 0.3) is 0 Å². The Morgan fingerprint density at radius 2 is 1.95 bits per heavy atom. The number of nitrogens with zero attached hydrogens (tertiary/aromatic N) is 2. The summed E-state index contributed by atoms with van der Waals surface area (Å²) in [5.74, 6) is 1.41. The fourth-order valence-corrected chi connectivity index (χ4v) is 1.98. The number of anilines is 1. The van der Waals surface area contributed by atoms with Gasteiger partial charge in [0, 0.05) is 17.7 Å². The van der Waals surface area contributed by atoms with Crippen LogP contribution in [-0.4, -0.2) is 10.2 Å². The molecule has 102 valence electrons. The van der Waals surface area contributed by atoms with Crippen LogP contribution in [0.15, 0.2) is 45.4 Å². The molecule has 0 aliphatic heterocycles. The lowest BCUT2D eigenvalue weighted by atomic mass is 10.1. The van der Waals surface area contributed by atoms with Crippen molar-refractivity contribution in [1.29, 1.82) is 0 Å². The summed E-state index contributed by atoms with van der Waals surface area (Å²) in [5, 5.41) is 11.2. The number of aryl methyl sites for hydroxylation is 2. The quantitative estimate of drug-likeness (QED) is 0.784. The summed E-state index contributed by atoms with van der Waals surface area (Å²) in [6, 6.07) is 10.2. The van der Waals surface area contributed by atoms with Crippen molar-refractivity contribution in [3.8, 4) is 11.5 Å². The number of furan rings is 1. The van der Waals surface area contributed by atoms with Crippen LogP contribution < -0.4 is 5.32 Å². The lowest BCUT2D eigenvalue weighted by Crippen LogP contribution is -1.99. The maximum absolute atomic E-state index is 5.62. The van der Waals surface area contributed by atoms with Crippen molar-refractivity contribution in [3.63, 3.8) is 0 Å². The molecule has 2 aromatic heterocycles. The van der Waals surface area contributed by atoms with Gasteiger partial charge in [-0.25, -0.2) is 0 Å². The molecule has 5 heteroatoms. The average molecular weight is 269 g/mol. The first-order chi connectivity index (χ1) is 9.74. The number of rotatable bonds is 4. The molecule has 3 rings (SSSR count). The zero-order chi connectivity index (χ0) is 13.9. The number of aromatic nitrogens is 2. The van der Waals surface area contributed by atoms with Crippen LogP contribution in [0.2, 0.25) is 0 Å². The van der Waals surface area contributed by atoms with Crippen LogP contribution in [0.1, 0.15) is 16.9 Å². The van der Waals surface area contributed by atoms with E-state index >= 15 is 0 Å². The summed E-state index contributed by atoms with van der Waals surface area (Å²) >= 11 is 0. The van der Waals surface area contributed by atoms with Crippen molar-refractivity contribution in [2.24, 2.45) is 0 Å². The van der Waals surface area contributed by atoms with Crippen LogP contribution in [0.3, 0.4) is 0 Å². The van der Waals surface area contributed by atoms with E-state index in [0.717, 1.165) is 22.5 Å². The summed E-state index contributed by atoms with van der Waals surface area (Å²) in [6.45, 7) is 4.53. The van der Waals surface area contributed by atoms with Gasteiger partial charge in [-0.1, -0.05) is 23.3 Å². The second-order valence-corrected chi connectivity index (χ2v) is 4.58. The summed E-state index contributed by atoms with van der Waals surface area (Å²) in [4.78, 5) is 0. The van der Waals surface area contributed by atoms with E-state index in [0.29, 0.717) is 18.5 Å². The predicted molar refractivity (Wildman–Crippen MR) is 75.2 cm³/mol. The molecule has 0 fully saturated rings. The van der Waals surface area contributed by atoms with E-state index in [1.807, 2.05) is 44.2 Å². The Morgan fingerprint density at radius 3 is 2.70 bits per heavy atom. The molecule has 1 aromatic carbocycles. The van der Waals surface area contributed by atoms with Crippen LogP contribution in [0.5, 0.6) is 0 Å². The molecule has 3 aromatic rings. The zero-order valence-corrected chi connectivity index (χ0v) is 11.4. The molecule has 0 spiro atoms. The van der Waals surface area contributed by atoms with Gasteiger partial charge in [-0.3, -0.25) is 0 Å². The average Bonchev–Trinajstić information content (AvgIpc) is 3.06. The molecule has 0 aliphatic carbocycles. The van der Waals surface area contributed by atoms with Crippen LogP contribution in [0.25, 0.3) is 11.5 Å². The highest BCUT2D eigenvalue weighted by Gasteiger charge is 2.10. The minimum Gasteiger partial charge on any atom is -0.469 e. The smallest absolute Gasteiger partial charge is 0.316 e. The largest absolute Gasteiger partial charge is 0.469 e. The molecule has 5 nitrogen and oxygen atoms in total. The van der Waals surface area contributed by atoms with Gasteiger partial charge < -0.3 is 14.2 Å². The highest BCUT2D eigenvalue weighted by molar-refractivity contribution is 5.58. The lowest BCUT2D eigenvalue weighted by Gasteiger charge is -2.00. The molecule has 0 atom stereocenters. The Labute approximate surface area is 116 Å². The maximum Gasteiger partial charge on any atom is 0.316 e. The van der Waals surface area contributed by atoms with Crippen LogP contribution in [0.4, 0.5) is 6.01 Å². The van der Waals surface area contributed by atoms with Crippen molar-refractivity contribution >= 4 is 6.01 Å². The van der Waals surface area contributed by atoms with Gasteiger partial charge >= 0.3 is 6.01 Å². The van der Waals surface area contributed by atoms with Gasteiger partial charge in [0.2, 0.25) is 5.89 Å². The Morgan fingerprint density at radius 1 is 1.10 bits per heavy atom. The third-order valence-electron chi connectivity index (χ3n) is 3.20. The second-order valence-electron chi connectivity index (χ2n) is 4.58. The zero-order valence-electron chi connectivity index (χ0n) is 11.4. The first-order valence-corrected chi connectivity index (χ1v) is 6.40. The minimum absolute atomic E-state index is 0.406. The standard InChI is InChI=1S/C15H15N3O2/c1-10-5-3-4-6-13(10)14-17-18-15(20-14)16-9-12-7-8-19-11(12)2/h3-8H,9H2,1-2H3,(H,16,18). The Bertz CT molecular complexity index is 715. The molecule has 0 aliphatic rings. The third kappa shape index (κ3) is 2.42. The molecule has 0 saturated heterocycles. The van der Waals surface area contributed by atoms with Crippen molar-refractivity contribution in [3.05, 3.63) is 53.5 Å². The number of hydrogen-bond acceptors (Lipinski definition) is 5. The molecule has 0 radical (unpaired) electrons. The summed E-state index contributed by atoms with van der Waals surface area (Å²) in [7, 11) is 0. The van der Waals surface area contributed by atoms with E-state index in [1.54, 1.807) is 6.26 Å². The molecule has 0 saturated carbocycles. The van der Waals surface area contributed by atoms with Gasteiger partial charge in [0.15, 0.2) is 0 Å². The van der Waals surface area contributed by atoms with E-state index < -0.39 is 0 Å². The topological polar surface area (TPSA) is 64.1 Å². The monoisotopic (exact) mass is 269 g/mol. The molecule has 2 heterocycles. The van der Waals surface area contributed by atoms with Gasteiger partial charge in [0.1, 0.15) is 5.76 Å². The van der Waals surface area contributed by atoms with E-state index in [9.17, 15) is 0 Å². The van der Waals surface area contributed by atoms with Crippen molar-refractivity contribution < 1.29 is 8.83 Å². The Kier molecular flexibility index (Phi) is 3.25. The SMILES string of the molecule is Cc1ccccc1-c1nnc(NCc2ccoc2C)o1. The highest BCUT2D eigenvalue weighted by Crippen LogP contribution is 2.23. The van der Waals surface area contributed by atoms with Crippen molar-refractivity contribution in [2.45, 2.75) is 20.4 Å². The van der Waals surface area contributed by atoms with Crippen molar-refractivity contribution in [1.82, 2.24) is 10.2 Å². The molecular weight excluding hydrogens is 254 g/mol. The number of benzene rings is 1. The maximum atomic E-state index is 5.62. The van der Waals surface area contributed by atoms with E-state index in [4.69, 9.17) is 8.83 Å². The minimum atomic E-state index is 0.406. The third-order valence-corrected chi connectivity index (χ3v) is 3.20. The van der Waals surface area contributed by atoms with E-state index in [1.165, 1.54) is 0 Å². The van der Waals surface area contributed by atoms with Crippen LogP contribution in [0, 0.1) is 13.8 Å². The summed E-state index contributed by atoms with van der Waals surface area (Å²) in [5.41, 5.74) is 3.13. The van der Waals surface area contributed by atoms with Gasteiger partial charge in [0.05, 0.1) is 6.26 Å². The highest BCUT2D eigenvalue weighted by atomic mass is 16.4. The number of hydrogen-bond donors (Lipinski definition) is 1. The lowest BCUT2D eigenvalue weighted by molar-refractivity contribution is 0.529. The normalized spacial score (nSPS) is 10.7. The Hall–Kier alpha value is -2.56. The molecular formula is C15H15N3O2. The second kappa shape index (κ2) is 5.21.